The minimum absolute atomic E-state index is 0.133. The minimum atomic E-state index is -0.295. The van der Waals surface area contributed by atoms with Crippen LogP contribution in [0.2, 0.25) is 5.02 Å². The van der Waals surface area contributed by atoms with Crippen LogP contribution in [0.1, 0.15) is 15.9 Å². The van der Waals surface area contributed by atoms with Gasteiger partial charge in [0.2, 0.25) is 0 Å². The number of fused-ring (bicyclic) bond motifs is 1. The molecule has 2 heterocycles. The van der Waals surface area contributed by atoms with Gasteiger partial charge < -0.3 is 4.98 Å². The molecule has 5 heteroatoms. The van der Waals surface area contributed by atoms with Crippen molar-refractivity contribution >= 4 is 28.4 Å². The number of aromatic nitrogens is 2. The van der Waals surface area contributed by atoms with Crippen molar-refractivity contribution in [3.63, 3.8) is 0 Å². The molecule has 0 fully saturated rings. The Balaban J connectivity index is 1.81. The molecule has 2 aromatic carbocycles. The molecule has 4 rings (SSSR count). The highest BCUT2D eigenvalue weighted by Gasteiger charge is 2.16. The van der Waals surface area contributed by atoms with Crippen molar-refractivity contribution in [2.75, 3.05) is 0 Å². The molecule has 0 radical (unpaired) electrons. The normalized spacial score (nSPS) is 11.0. The summed E-state index contributed by atoms with van der Waals surface area (Å²) in [5.41, 5.74) is 3.30. The lowest BCUT2D eigenvalue weighted by Gasteiger charge is -2.04. The molecule has 0 bridgehead atoms. The number of hydrogen-bond donors (Lipinski definition) is 1. The molecular weight excluding hydrogens is 339 g/mol. The van der Waals surface area contributed by atoms with E-state index in [1.165, 1.54) is 12.1 Å². The number of nitrogens with one attached hydrogen (secondary N) is 1. The Kier molecular flexibility index (Phi) is 3.82. The van der Waals surface area contributed by atoms with Crippen LogP contribution in [0.5, 0.6) is 0 Å². The third kappa shape index (κ3) is 2.92. The molecular formula is C20H12ClFN2O. The third-order valence-electron chi connectivity index (χ3n) is 4.04. The summed E-state index contributed by atoms with van der Waals surface area (Å²) in [4.78, 5) is 20.2. The van der Waals surface area contributed by atoms with Gasteiger partial charge in [0.15, 0.2) is 5.78 Å². The van der Waals surface area contributed by atoms with Gasteiger partial charge in [-0.15, -0.1) is 0 Å². The van der Waals surface area contributed by atoms with Crippen LogP contribution in [0.25, 0.3) is 22.2 Å². The van der Waals surface area contributed by atoms with E-state index < -0.39 is 0 Å². The molecule has 0 unspecified atom stereocenters. The average molecular weight is 351 g/mol. The number of pyridine rings is 1. The second kappa shape index (κ2) is 6.15. The van der Waals surface area contributed by atoms with E-state index in [1.54, 1.807) is 48.8 Å². The number of halogens is 2. The highest BCUT2D eigenvalue weighted by Crippen LogP contribution is 2.26. The van der Waals surface area contributed by atoms with E-state index in [0.29, 0.717) is 27.2 Å². The van der Waals surface area contributed by atoms with E-state index in [9.17, 15) is 9.18 Å². The second-order valence-corrected chi connectivity index (χ2v) is 6.11. The molecule has 0 saturated carbocycles. The van der Waals surface area contributed by atoms with Crippen molar-refractivity contribution in [1.29, 1.82) is 0 Å². The number of ketones is 1. The van der Waals surface area contributed by atoms with Gasteiger partial charge in [0.1, 0.15) is 11.5 Å². The summed E-state index contributed by atoms with van der Waals surface area (Å²) < 4.78 is 13.1. The van der Waals surface area contributed by atoms with Crippen molar-refractivity contribution in [3.05, 3.63) is 89.0 Å². The Morgan fingerprint density at radius 1 is 1.04 bits per heavy atom. The van der Waals surface area contributed by atoms with Crippen molar-refractivity contribution in [3.8, 4) is 11.1 Å². The number of carbonyl (C=O) groups is 1. The van der Waals surface area contributed by atoms with Crippen LogP contribution < -0.4 is 0 Å². The van der Waals surface area contributed by atoms with E-state index in [0.717, 1.165) is 11.1 Å². The lowest BCUT2D eigenvalue weighted by molar-refractivity contribution is 0.104. The predicted octanol–water partition coefficient (Wildman–Crippen LogP) is 5.25. The highest BCUT2D eigenvalue weighted by molar-refractivity contribution is 6.31. The van der Waals surface area contributed by atoms with Crippen LogP contribution in [-0.4, -0.2) is 15.8 Å². The Hall–Kier alpha value is -2.98. The summed E-state index contributed by atoms with van der Waals surface area (Å²) in [6.45, 7) is 0. The maximum atomic E-state index is 13.1. The quantitative estimate of drug-likeness (QED) is 0.513. The van der Waals surface area contributed by atoms with Gasteiger partial charge in [-0.3, -0.25) is 4.79 Å². The molecule has 0 atom stereocenters. The average Bonchev–Trinajstić information content (AvgIpc) is 3.05. The second-order valence-electron chi connectivity index (χ2n) is 5.67. The maximum Gasteiger partial charge on any atom is 0.195 e. The molecule has 4 aromatic rings. The zero-order valence-corrected chi connectivity index (χ0v) is 13.7. The highest BCUT2D eigenvalue weighted by atomic mass is 35.5. The molecule has 1 N–H and O–H groups in total. The number of H-pyrrole nitrogens is 1. The van der Waals surface area contributed by atoms with Crippen LogP contribution in [0.3, 0.4) is 0 Å². The zero-order chi connectivity index (χ0) is 17.4. The molecule has 122 valence electrons. The van der Waals surface area contributed by atoms with Gasteiger partial charge >= 0.3 is 0 Å². The Morgan fingerprint density at radius 3 is 2.60 bits per heavy atom. The van der Waals surface area contributed by atoms with E-state index >= 15 is 0 Å². The molecule has 0 saturated heterocycles. The fourth-order valence-corrected chi connectivity index (χ4v) is 2.97. The van der Waals surface area contributed by atoms with Crippen molar-refractivity contribution in [2.45, 2.75) is 0 Å². The van der Waals surface area contributed by atoms with Crippen molar-refractivity contribution in [2.24, 2.45) is 0 Å². The number of benzene rings is 2. The summed E-state index contributed by atoms with van der Waals surface area (Å²) in [5.74, 6) is -0.428. The summed E-state index contributed by atoms with van der Waals surface area (Å²) in [6, 6.07) is 14.9. The number of carbonyl (C=O) groups excluding carboxylic acids is 1. The summed E-state index contributed by atoms with van der Waals surface area (Å²) in [6.07, 6.45) is 3.34. The molecule has 25 heavy (non-hydrogen) atoms. The van der Waals surface area contributed by atoms with Gasteiger partial charge in [0, 0.05) is 39.5 Å². The Morgan fingerprint density at radius 2 is 1.84 bits per heavy atom. The Labute approximate surface area is 148 Å². The topological polar surface area (TPSA) is 45.8 Å². The first-order valence-electron chi connectivity index (χ1n) is 7.65. The molecule has 2 aromatic heterocycles. The van der Waals surface area contributed by atoms with Gasteiger partial charge in [-0.25, -0.2) is 9.37 Å². The van der Waals surface area contributed by atoms with Crippen LogP contribution in [-0.2, 0) is 0 Å². The van der Waals surface area contributed by atoms with Crippen LogP contribution >= 0.6 is 11.6 Å². The SMILES string of the molecule is O=C(c1cccc(Cl)c1)c1c[nH]c2ncc(-c3ccc(F)cc3)cc12. The van der Waals surface area contributed by atoms with Gasteiger partial charge in [0.25, 0.3) is 0 Å². The van der Waals surface area contributed by atoms with Gasteiger partial charge in [0.05, 0.1) is 0 Å². The van der Waals surface area contributed by atoms with E-state index in [-0.39, 0.29) is 11.6 Å². The first-order chi connectivity index (χ1) is 12.1. The molecule has 0 amide bonds. The van der Waals surface area contributed by atoms with Crippen LogP contribution in [0, 0.1) is 5.82 Å². The fraction of sp³-hybridized carbons (Fsp3) is 0. The molecule has 0 spiro atoms. The van der Waals surface area contributed by atoms with Crippen LogP contribution in [0.4, 0.5) is 4.39 Å². The van der Waals surface area contributed by atoms with E-state index in [4.69, 9.17) is 11.6 Å². The van der Waals surface area contributed by atoms with Crippen molar-refractivity contribution < 1.29 is 9.18 Å². The first-order valence-corrected chi connectivity index (χ1v) is 8.03. The number of nitrogens with zero attached hydrogens (tertiary/aromatic N) is 1. The van der Waals surface area contributed by atoms with Gasteiger partial charge in [-0.2, -0.15) is 0 Å². The molecule has 0 aliphatic carbocycles. The van der Waals surface area contributed by atoms with Crippen LogP contribution in [0.15, 0.2) is 67.0 Å². The predicted molar refractivity (Wildman–Crippen MR) is 96.4 cm³/mol. The van der Waals surface area contributed by atoms with Gasteiger partial charge in [-0.1, -0.05) is 35.9 Å². The number of aromatic amines is 1. The summed E-state index contributed by atoms with van der Waals surface area (Å²) >= 11 is 5.98. The summed E-state index contributed by atoms with van der Waals surface area (Å²) in [7, 11) is 0. The lowest BCUT2D eigenvalue weighted by atomic mass is 10.0. The smallest absolute Gasteiger partial charge is 0.195 e. The molecule has 0 aliphatic rings. The van der Waals surface area contributed by atoms with E-state index in [2.05, 4.69) is 9.97 Å². The maximum absolute atomic E-state index is 13.1. The molecule has 3 nitrogen and oxygen atoms in total. The van der Waals surface area contributed by atoms with E-state index in [1.807, 2.05) is 6.07 Å². The lowest BCUT2D eigenvalue weighted by Crippen LogP contribution is -2.00. The zero-order valence-electron chi connectivity index (χ0n) is 13.0. The van der Waals surface area contributed by atoms with Crippen molar-refractivity contribution in [1.82, 2.24) is 9.97 Å². The monoisotopic (exact) mass is 350 g/mol. The fourth-order valence-electron chi connectivity index (χ4n) is 2.78. The van der Waals surface area contributed by atoms with Gasteiger partial charge in [-0.05, 0) is 35.9 Å². The first kappa shape index (κ1) is 15.5. The minimum Gasteiger partial charge on any atom is -0.345 e. The standard InChI is InChI=1S/C20H12ClFN2O/c21-15-3-1-2-13(8-15)19(25)18-11-24-20-17(18)9-14(10-23-20)12-4-6-16(22)7-5-12/h1-11H,(H,23,24). The largest absolute Gasteiger partial charge is 0.345 e. The third-order valence-corrected chi connectivity index (χ3v) is 4.28. The number of hydrogen-bond acceptors (Lipinski definition) is 2. The number of rotatable bonds is 3. The summed E-state index contributed by atoms with van der Waals surface area (Å²) in [5, 5.41) is 1.22. The molecule has 0 aliphatic heterocycles. The Bertz CT molecular complexity index is 1090.